The van der Waals surface area contributed by atoms with Gasteiger partial charge in [-0.25, -0.2) is 4.98 Å². The molecule has 0 spiro atoms. The molecule has 0 aliphatic heterocycles. The molecule has 2 aromatic heterocycles. The third-order valence-electron chi connectivity index (χ3n) is 2.38. The number of nitrogens with zero attached hydrogens (tertiary/aromatic N) is 2. The summed E-state index contributed by atoms with van der Waals surface area (Å²) in [6, 6.07) is 1.83. The second kappa shape index (κ2) is 5.11. The van der Waals surface area contributed by atoms with E-state index in [9.17, 15) is 9.59 Å². The molecule has 0 unspecified atom stereocenters. The van der Waals surface area contributed by atoms with Crippen molar-refractivity contribution in [3.63, 3.8) is 0 Å². The fourth-order valence-electron chi connectivity index (χ4n) is 1.63. The number of carbonyl (C=O) groups is 1. The minimum Gasteiger partial charge on any atom is -0.481 e. The molecule has 0 radical (unpaired) electrons. The van der Waals surface area contributed by atoms with Crippen molar-refractivity contribution in [2.45, 2.75) is 25.5 Å². The predicted molar refractivity (Wildman–Crippen MR) is 72.7 cm³/mol. The van der Waals surface area contributed by atoms with Crippen LogP contribution in [0.25, 0.3) is 10.2 Å². The summed E-state index contributed by atoms with van der Waals surface area (Å²) in [5, 5.41) is 9.77. The highest BCUT2D eigenvalue weighted by atomic mass is 32.2. The summed E-state index contributed by atoms with van der Waals surface area (Å²) >= 11 is 2.53. The van der Waals surface area contributed by atoms with Gasteiger partial charge in [-0.2, -0.15) is 0 Å². The van der Waals surface area contributed by atoms with Crippen LogP contribution in [0.15, 0.2) is 16.0 Å². The van der Waals surface area contributed by atoms with Gasteiger partial charge in [0.25, 0.3) is 5.56 Å². The number of aromatic nitrogens is 2. The quantitative estimate of drug-likeness (QED) is 0.686. The summed E-state index contributed by atoms with van der Waals surface area (Å²) < 4.78 is 1.52. The maximum Gasteiger partial charge on any atom is 0.313 e. The lowest BCUT2D eigenvalue weighted by molar-refractivity contribution is -0.133. The highest BCUT2D eigenvalue weighted by molar-refractivity contribution is 7.99. The minimum atomic E-state index is -0.917. The van der Waals surface area contributed by atoms with Gasteiger partial charge in [0.1, 0.15) is 4.83 Å². The number of aryl methyl sites for hydroxylation is 1. The molecule has 0 saturated carbocycles. The van der Waals surface area contributed by atoms with Crippen LogP contribution in [0.5, 0.6) is 0 Å². The van der Waals surface area contributed by atoms with E-state index < -0.39 is 5.97 Å². The number of hydrogen-bond donors (Lipinski definition) is 1. The normalized spacial score (nSPS) is 11.0. The number of fused-ring (bicyclic) bond motifs is 1. The first kappa shape index (κ1) is 13.1. The topological polar surface area (TPSA) is 72.2 Å². The second-order valence-electron chi connectivity index (χ2n) is 3.70. The number of hydrogen-bond acceptors (Lipinski definition) is 5. The number of thioether (sulfide) groups is 1. The van der Waals surface area contributed by atoms with E-state index in [2.05, 4.69) is 4.98 Å². The van der Waals surface area contributed by atoms with E-state index in [1.54, 1.807) is 0 Å². The summed E-state index contributed by atoms with van der Waals surface area (Å²) in [6.45, 7) is 4.25. The molecule has 5 nitrogen and oxygen atoms in total. The van der Waals surface area contributed by atoms with E-state index in [1.807, 2.05) is 19.9 Å². The maximum atomic E-state index is 12.2. The SMILES string of the molecule is CCn1c(SCC(=O)O)nc2sc(C)cc2c1=O. The van der Waals surface area contributed by atoms with E-state index in [-0.39, 0.29) is 11.3 Å². The van der Waals surface area contributed by atoms with Gasteiger partial charge in [0.2, 0.25) is 0 Å². The smallest absolute Gasteiger partial charge is 0.313 e. The van der Waals surface area contributed by atoms with Gasteiger partial charge >= 0.3 is 5.97 Å². The van der Waals surface area contributed by atoms with Crippen molar-refractivity contribution >= 4 is 39.3 Å². The number of thiophene rings is 1. The molecule has 1 N–H and O–H groups in total. The summed E-state index contributed by atoms with van der Waals surface area (Å²) in [6.07, 6.45) is 0. The van der Waals surface area contributed by atoms with Gasteiger partial charge in [0.15, 0.2) is 5.16 Å². The van der Waals surface area contributed by atoms with Crippen LogP contribution >= 0.6 is 23.1 Å². The molecule has 0 aliphatic rings. The summed E-state index contributed by atoms with van der Waals surface area (Å²) in [7, 11) is 0. The largest absolute Gasteiger partial charge is 0.481 e. The average molecular weight is 284 g/mol. The Morgan fingerprint density at radius 2 is 2.33 bits per heavy atom. The zero-order chi connectivity index (χ0) is 13.3. The van der Waals surface area contributed by atoms with Crippen LogP contribution in [0, 0.1) is 6.92 Å². The first-order valence-corrected chi connectivity index (χ1v) is 7.18. The number of rotatable bonds is 4. The van der Waals surface area contributed by atoms with Crippen molar-refractivity contribution in [1.29, 1.82) is 0 Å². The van der Waals surface area contributed by atoms with E-state index in [1.165, 1.54) is 15.9 Å². The Labute approximate surface area is 111 Å². The zero-order valence-corrected chi connectivity index (χ0v) is 11.6. The Morgan fingerprint density at radius 1 is 1.61 bits per heavy atom. The molecule has 7 heteroatoms. The van der Waals surface area contributed by atoms with Gasteiger partial charge in [-0.1, -0.05) is 11.8 Å². The van der Waals surface area contributed by atoms with Crippen LogP contribution in [0.1, 0.15) is 11.8 Å². The molecule has 18 heavy (non-hydrogen) atoms. The van der Waals surface area contributed by atoms with E-state index in [0.717, 1.165) is 16.6 Å². The van der Waals surface area contributed by atoms with Gasteiger partial charge in [-0.15, -0.1) is 11.3 Å². The molecule has 2 heterocycles. The molecular formula is C11H12N2O3S2. The Morgan fingerprint density at radius 3 is 2.94 bits per heavy atom. The van der Waals surface area contributed by atoms with Crippen molar-refractivity contribution < 1.29 is 9.90 Å². The summed E-state index contributed by atoms with van der Waals surface area (Å²) in [5.41, 5.74) is -0.0975. The number of carboxylic acids is 1. The maximum absolute atomic E-state index is 12.2. The van der Waals surface area contributed by atoms with Crippen LogP contribution in [0.2, 0.25) is 0 Å². The molecule has 0 saturated heterocycles. The molecule has 96 valence electrons. The molecule has 0 amide bonds. The van der Waals surface area contributed by atoms with Gasteiger partial charge in [-0.05, 0) is 19.9 Å². The molecule has 0 bridgehead atoms. The summed E-state index contributed by atoms with van der Waals surface area (Å²) in [5.74, 6) is -1.01. The molecule has 2 aromatic rings. The third kappa shape index (κ3) is 2.41. The fourth-order valence-corrected chi connectivity index (χ4v) is 3.34. The number of carboxylic acid groups (broad SMARTS) is 1. The fraction of sp³-hybridized carbons (Fsp3) is 0.364. The Bertz CT molecular complexity index is 660. The molecule has 2 rings (SSSR count). The highest BCUT2D eigenvalue weighted by Gasteiger charge is 2.13. The predicted octanol–water partition coefficient (Wildman–Crippen LogP) is 1.96. The molecule has 0 aliphatic carbocycles. The van der Waals surface area contributed by atoms with E-state index >= 15 is 0 Å². The number of aliphatic carboxylic acids is 1. The Balaban J connectivity index is 2.57. The first-order valence-electron chi connectivity index (χ1n) is 5.38. The van der Waals surface area contributed by atoms with Crippen LogP contribution in [0.3, 0.4) is 0 Å². The van der Waals surface area contributed by atoms with Crippen molar-refractivity contribution in [3.05, 3.63) is 21.3 Å². The lowest BCUT2D eigenvalue weighted by Gasteiger charge is -2.08. The standard InChI is InChI=1S/C11H12N2O3S2/c1-3-13-10(16)7-4-6(2)18-9(7)12-11(13)17-5-8(14)15/h4H,3,5H2,1-2H3,(H,14,15). The van der Waals surface area contributed by atoms with Gasteiger partial charge in [-0.3, -0.25) is 14.2 Å². The van der Waals surface area contributed by atoms with Crippen LogP contribution in [-0.4, -0.2) is 26.4 Å². The average Bonchev–Trinajstić information content (AvgIpc) is 2.67. The van der Waals surface area contributed by atoms with Crippen LogP contribution in [-0.2, 0) is 11.3 Å². The molecule has 0 aromatic carbocycles. The molecule has 0 fully saturated rings. The Hall–Kier alpha value is -1.34. The molecule has 0 atom stereocenters. The minimum absolute atomic E-state index is 0.0949. The van der Waals surface area contributed by atoms with Crippen molar-refractivity contribution in [2.75, 3.05) is 5.75 Å². The van der Waals surface area contributed by atoms with Gasteiger partial charge in [0, 0.05) is 11.4 Å². The lowest BCUT2D eigenvalue weighted by atomic mass is 10.4. The highest BCUT2D eigenvalue weighted by Crippen LogP contribution is 2.23. The lowest BCUT2D eigenvalue weighted by Crippen LogP contribution is -2.22. The van der Waals surface area contributed by atoms with Gasteiger partial charge in [0.05, 0.1) is 11.1 Å². The van der Waals surface area contributed by atoms with Crippen molar-refractivity contribution in [3.8, 4) is 0 Å². The van der Waals surface area contributed by atoms with Crippen LogP contribution in [0.4, 0.5) is 0 Å². The first-order chi connectivity index (χ1) is 8.52. The van der Waals surface area contributed by atoms with Crippen molar-refractivity contribution in [2.24, 2.45) is 0 Å². The van der Waals surface area contributed by atoms with Crippen molar-refractivity contribution in [1.82, 2.24) is 9.55 Å². The zero-order valence-electron chi connectivity index (χ0n) is 9.97. The molecular weight excluding hydrogens is 272 g/mol. The monoisotopic (exact) mass is 284 g/mol. The Kier molecular flexibility index (Phi) is 3.72. The second-order valence-corrected chi connectivity index (χ2v) is 5.88. The van der Waals surface area contributed by atoms with Gasteiger partial charge < -0.3 is 5.11 Å². The third-order valence-corrected chi connectivity index (χ3v) is 4.29. The summed E-state index contributed by atoms with van der Waals surface area (Å²) in [4.78, 5) is 28.9. The van der Waals surface area contributed by atoms with Crippen LogP contribution < -0.4 is 5.56 Å². The van der Waals surface area contributed by atoms with E-state index in [0.29, 0.717) is 21.9 Å². The van der Waals surface area contributed by atoms with E-state index in [4.69, 9.17) is 5.11 Å².